The molecule has 0 aliphatic heterocycles. The van der Waals surface area contributed by atoms with Gasteiger partial charge in [0.1, 0.15) is 18.7 Å². The zero-order valence-electron chi connectivity index (χ0n) is 15.3. The maximum Gasteiger partial charge on any atom is 0.249 e. The lowest BCUT2D eigenvalue weighted by Crippen LogP contribution is -2.24. The lowest BCUT2D eigenvalue weighted by Gasteiger charge is -2.12. The third kappa shape index (κ3) is 5.40. The summed E-state index contributed by atoms with van der Waals surface area (Å²) in [6.45, 7) is 1.74. The maximum atomic E-state index is 12.2. The molecule has 2 N–H and O–H groups in total. The third-order valence-electron chi connectivity index (χ3n) is 4.20. The average Bonchev–Trinajstić information content (AvgIpc) is 3.23. The van der Waals surface area contributed by atoms with E-state index >= 15 is 0 Å². The fourth-order valence-electron chi connectivity index (χ4n) is 2.55. The van der Waals surface area contributed by atoms with Crippen molar-refractivity contribution in [1.82, 2.24) is 14.8 Å². The molecule has 0 saturated heterocycles. The van der Waals surface area contributed by atoms with Gasteiger partial charge in [-0.3, -0.25) is 9.59 Å². The summed E-state index contributed by atoms with van der Waals surface area (Å²) in [7, 11) is 0. The van der Waals surface area contributed by atoms with Crippen LogP contribution >= 0.6 is 11.6 Å². The summed E-state index contributed by atoms with van der Waals surface area (Å²) in [6.07, 6.45) is 3.88. The van der Waals surface area contributed by atoms with Crippen molar-refractivity contribution in [2.45, 2.75) is 25.8 Å². The van der Waals surface area contributed by atoms with Crippen molar-refractivity contribution in [3.8, 4) is 0 Å². The second-order valence-corrected chi connectivity index (χ2v) is 6.73. The van der Waals surface area contributed by atoms with Crippen LogP contribution in [0.4, 0.5) is 11.4 Å². The molecule has 144 valence electrons. The van der Waals surface area contributed by atoms with E-state index in [4.69, 9.17) is 11.6 Å². The normalized spacial score (nSPS) is 11.6. The Labute approximate surface area is 167 Å². The standard InChI is InChI=1S/C20H20ClN5O2/c1-14(26-13-22-12-23-26)20(28)25-18-9-7-17(8-10-18)24-19(27)11-4-15-2-5-16(21)6-3-15/h2-3,5-10,12-14H,4,11H2,1H3,(H,24,27)(H,25,28)/t14-/m0/s1. The molecular weight excluding hydrogens is 378 g/mol. The molecule has 28 heavy (non-hydrogen) atoms. The summed E-state index contributed by atoms with van der Waals surface area (Å²) < 4.78 is 1.48. The van der Waals surface area contributed by atoms with Gasteiger partial charge in [-0.2, -0.15) is 5.10 Å². The molecule has 1 aromatic heterocycles. The molecule has 0 radical (unpaired) electrons. The van der Waals surface area contributed by atoms with Gasteiger partial charge in [-0.1, -0.05) is 23.7 Å². The van der Waals surface area contributed by atoms with Crippen LogP contribution < -0.4 is 10.6 Å². The number of amides is 2. The molecule has 0 unspecified atom stereocenters. The van der Waals surface area contributed by atoms with E-state index in [-0.39, 0.29) is 11.8 Å². The van der Waals surface area contributed by atoms with Gasteiger partial charge in [-0.15, -0.1) is 0 Å². The summed E-state index contributed by atoms with van der Waals surface area (Å²) in [5.41, 5.74) is 2.36. The Hall–Kier alpha value is -3.19. The van der Waals surface area contributed by atoms with E-state index in [2.05, 4.69) is 20.7 Å². The van der Waals surface area contributed by atoms with Gasteiger partial charge in [-0.25, -0.2) is 9.67 Å². The van der Waals surface area contributed by atoms with Gasteiger partial charge in [0.15, 0.2) is 0 Å². The first-order valence-electron chi connectivity index (χ1n) is 8.80. The number of nitrogens with zero attached hydrogens (tertiary/aromatic N) is 3. The summed E-state index contributed by atoms with van der Waals surface area (Å²) in [5, 5.41) is 10.3. The molecule has 0 saturated carbocycles. The minimum Gasteiger partial charge on any atom is -0.326 e. The van der Waals surface area contributed by atoms with E-state index in [1.807, 2.05) is 24.3 Å². The molecule has 7 nitrogen and oxygen atoms in total. The quantitative estimate of drug-likeness (QED) is 0.636. The second kappa shape index (κ2) is 9.14. The van der Waals surface area contributed by atoms with E-state index < -0.39 is 6.04 Å². The van der Waals surface area contributed by atoms with E-state index in [1.165, 1.54) is 17.3 Å². The van der Waals surface area contributed by atoms with Crippen molar-refractivity contribution in [2.75, 3.05) is 10.6 Å². The fourth-order valence-corrected chi connectivity index (χ4v) is 2.68. The molecule has 0 bridgehead atoms. The summed E-state index contributed by atoms with van der Waals surface area (Å²) >= 11 is 5.86. The van der Waals surface area contributed by atoms with Crippen LogP contribution in [0.3, 0.4) is 0 Å². The van der Waals surface area contributed by atoms with Gasteiger partial charge in [0, 0.05) is 22.8 Å². The first-order valence-corrected chi connectivity index (χ1v) is 9.18. The van der Waals surface area contributed by atoms with Crippen molar-refractivity contribution in [3.63, 3.8) is 0 Å². The Morgan fingerprint density at radius 3 is 2.29 bits per heavy atom. The molecule has 8 heteroatoms. The lowest BCUT2D eigenvalue weighted by molar-refractivity contribution is -0.119. The SMILES string of the molecule is C[C@@H](C(=O)Nc1ccc(NC(=O)CCc2ccc(Cl)cc2)cc1)n1cncn1. The predicted octanol–water partition coefficient (Wildman–Crippen LogP) is 3.70. The number of carbonyl (C=O) groups is 2. The smallest absolute Gasteiger partial charge is 0.249 e. The third-order valence-corrected chi connectivity index (χ3v) is 4.46. The Balaban J connectivity index is 1.49. The average molecular weight is 398 g/mol. The largest absolute Gasteiger partial charge is 0.326 e. The molecule has 2 amide bonds. The van der Waals surface area contributed by atoms with Gasteiger partial charge in [0.05, 0.1) is 0 Å². The number of benzene rings is 2. The Kier molecular flexibility index (Phi) is 6.39. The van der Waals surface area contributed by atoms with E-state index in [0.29, 0.717) is 29.2 Å². The minimum absolute atomic E-state index is 0.0773. The Bertz CT molecular complexity index is 924. The van der Waals surface area contributed by atoms with Crippen molar-refractivity contribution < 1.29 is 9.59 Å². The second-order valence-electron chi connectivity index (χ2n) is 6.29. The number of anilines is 2. The number of carbonyl (C=O) groups excluding carboxylic acids is 2. The number of aromatic nitrogens is 3. The molecule has 0 aliphatic carbocycles. The number of nitrogens with one attached hydrogen (secondary N) is 2. The minimum atomic E-state index is -0.477. The summed E-state index contributed by atoms with van der Waals surface area (Å²) in [5.74, 6) is -0.281. The molecule has 0 fully saturated rings. The number of aryl methyl sites for hydroxylation is 1. The molecule has 3 rings (SSSR count). The van der Waals surface area contributed by atoms with Crippen LogP contribution in [-0.2, 0) is 16.0 Å². The lowest BCUT2D eigenvalue weighted by atomic mass is 10.1. The number of hydrogen-bond donors (Lipinski definition) is 2. The zero-order chi connectivity index (χ0) is 19.9. The van der Waals surface area contributed by atoms with Crippen molar-refractivity contribution >= 4 is 34.8 Å². The van der Waals surface area contributed by atoms with Gasteiger partial charge in [-0.05, 0) is 55.3 Å². The molecule has 2 aromatic carbocycles. The fraction of sp³-hybridized carbons (Fsp3) is 0.200. The van der Waals surface area contributed by atoms with Gasteiger partial charge >= 0.3 is 0 Å². The van der Waals surface area contributed by atoms with E-state index in [9.17, 15) is 9.59 Å². The topological polar surface area (TPSA) is 88.9 Å². The van der Waals surface area contributed by atoms with Crippen LogP contribution in [0.5, 0.6) is 0 Å². The molecule has 0 aliphatic rings. The van der Waals surface area contributed by atoms with Crippen LogP contribution in [0.2, 0.25) is 5.02 Å². The summed E-state index contributed by atoms with van der Waals surface area (Å²) in [4.78, 5) is 28.2. The highest BCUT2D eigenvalue weighted by atomic mass is 35.5. The van der Waals surface area contributed by atoms with Crippen molar-refractivity contribution in [3.05, 3.63) is 71.8 Å². The molecular formula is C20H20ClN5O2. The first kappa shape index (κ1) is 19.6. The zero-order valence-corrected chi connectivity index (χ0v) is 16.1. The van der Waals surface area contributed by atoms with Gasteiger partial charge in [0.25, 0.3) is 0 Å². The van der Waals surface area contributed by atoms with E-state index in [1.54, 1.807) is 31.2 Å². The van der Waals surface area contributed by atoms with Crippen LogP contribution in [0.25, 0.3) is 0 Å². The number of halogens is 1. The van der Waals surface area contributed by atoms with Gasteiger partial charge in [0.2, 0.25) is 11.8 Å². The van der Waals surface area contributed by atoms with Crippen LogP contribution in [0.1, 0.15) is 24.9 Å². The maximum absolute atomic E-state index is 12.2. The van der Waals surface area contributed by atoms with Crippen LogP contribution in [0, 0.1) is 0 Å². The highest BCUT2D eigenvalue weighted by Gasteiger charge is 2.15. The monoisotopic (exact) mass is 397 g/mol. The number of rotatable bonds is 7. The Morgan fingerprint density at radius 1 is 1.04 bits per heavy atom. The summed E-state index contributed by atoms with van der Waals surface area (Å²) in [6, 6.07) is 13.9. The molecule has 0 spiro atoms. The van der Waals surface area contributed by atoms with Crippen molar-refractivity contribution in [1.29, 1.82) is 0 Å². The number of hydrogen-bond acceptors (Lipinski definition) is 4. The van der Waals surface area contributed by atoms with E-state index in [0.717, 1.165) is 5.56 Å². The van der Waals surface area contributed by atoms with Gasteiger partial charge < -0.3 is 10.6 Å². The first-order chi connectivity index (χ1) is 13.5. The highest BCUT2D eigenvalue weighted by molar-refractivity contribution is 6.30. The molecule has 3 aromatic rings. The Morgan fingerprint density at radius 2 is 1.68 bits per heavy atom. The predicted molar refractivity (Wildman–Crippen MR) is 108 cm³/mol. The highest BCUT2D eigenvalue weighted by Crippen LogP contribution is 2.16. The molecule has 1 heterocycles. The molecule has 1 atom stereocenters. The van der Waals surface area contributed by atoms with Crippen LogP contribution in [-0.4, -0.2) is 26.6 Å². The van der Waals surface area contributed by atoms with Crippen LogP contribution in [0.15, 0.2) is 61.2 Å². The van der Waals surface area contributed by atoms with Crippen molar-refractivity contribution in [2.24, 2.45) is 0 Å².